The molecule has 0 aliphatic heterocycles. The number of hydrogen-bond acceptors (Lipinski definition) is 3. The van der Waals surface area contributed by atoms with Crippen molar-refractivity contribution in [3.63, 3.8) is 0 Å². The lowest BCUT2D eigenvalue weighted by Crippen LogP contribution is -2.36. The molecular weight excluding hydrogens is 264 g/mol. The predicted molar refractivity (Wildman–Crippen MR) is 88.6 cm³/mol. The summed E-state index contributed by atoms with van der Waals surface area (Å²) in [6.45, 7) is 14.0. The first-order chi connectivity index (χ1) is 10.1. The van der Waals surface area contributed by atoms with Gasteiger partial charge in [-0.15, -0.1) is 6.58 Å². The van der Waals surface area contributed by atoms with E-state index >= 15 is 0 Å². The van der Waals surface area contributed by atoms with Gasteiger partial charge in [-0.25, -0.2) is 4.89 Å². The third-order valence-corrected chi connectivity index (χ3v) is 3.22. The van der Waals surface area contributed by atoms with Gasteiger partial charge in [-0.05, 0) is 25.8 Å². The van der Waals surface area contributed by atoms with E-state index in [-0.39, 0.29) is 6.10 Å². The van der Waals surface area contributed by atoms with E-state index in [1.165, 1.54) is 0 Å². The number of rotatable bonds is 12. The topological polar surface area (TPSA) is 27.7 Å². The monoisotopic (exact) mass is 296 g/mol. The fourth-order valence-electron chi connectivity index (χ4n) is 1.91. The van der Waals surface area contributed by atoms with E-state index < -0.39 is 5.79 Å². The van der Waals surface area contributed by atoms with Crippen molar-refractivity contribution >= 4 is 0 Å². The summed E-state index contributed by atoms with van der Waals surface area (Å²) in [6.07, 6.45) is 11.7. The molecule has 0 N–H and O–H groups in total. The Labute approximate surface area is 130 Å². The Bertz CT molecular complexity index is 333. The lowest BCUT2D eigenvalue weighted by atomic mass is 10.1. The van der Waals surface area contributed by atoms with Crippen molar-refractivity contribution in [2.45, 2.75) is 78.6 Å². The summed E-state index contributed by atoms with van der Waals surface area (Å²) < 4.78 is 6.11. The summed E-state index contributed by atoms with van der Waals surface area (Å²) in [6, 6.07) is 0. The molecule has 2 atom stereocenters. The first-order valence-corrected chi connectivity index (χ1v) is 8.07. The summed E-state index contributed by atoms with van der Waals surface area (Å²) in [5.41, 5.74) is 0. The maximum Gasteiger partial charge on any atom is 0.243 e. The molecular formula is C18H32O3. The van der Waals surface area contributed by atoms with Crippen molar-refractivity contribution in [1.82, 2.24) is 0 Å². The Kier molecular flexibility index (Phi) is 11.0. The lowest BCUT2D eigenvalue weighted by Gasteiger charge is -2.33. The van der Waals surface area contributed by atoms with Crippen molar-refractivity contribution in [2.24, 2.45) is 0 Å². The molecule has 0 radical (unpaired) electrons. The van der Waals surface area contributed by atoms with E-state index in [2.05, 4.69) is 33.4 Å². The van der Waals surface area contributed by atoms with E-state index in [9.17, 15) is 0 Å². The van der Waals surface area contributed by atoms with E-state index in [0.717, 1.165) is 25.0 Å². The van der Waals surface area contributed by atoms with E-state index in [1.54, 1.807) is 0 Å². The number of allylic oxidation sites excluding steroid dienone is 3. The average molecular weight is 296 g/mol. The molecule has 0 aromatic rings. The van der Waals surface area contributed by atoms with Crippen LogP contribution in [0.2, 0.25) is 0 Å². The second kappa shape index (κ2) is 11.6. The molecule has 0 saturated carbocycles. The fraction of sp³-hybridized carbons (Fsp3) is 0.667. The van der Waals surface area contributed by atoms with Gasteiger partial charge in [0.1, 0.15) is 6.10 Å². The predicted octanol–water partition coefficient (Wildman–Crippen LogP) is 5.69. The molecule has 0 fully saturated rings. The summed E-state index contributed by atoms with van der Waals surface area (Å²) in [4.78, 5) is 11.3. The highest BCUT2D eigenvalue weighted by atomic mass is 17.2. The lowest BCUT2D eigenvalue weighted by molar-refractivity contribution is -0.433. The average Bonchev–Trinajstić information content (AvgIpc) is 2.50. The zero-order valence-corrected chi connectivity index (χ0v) is 14.4. The maximum atomic E-state index is 6.11. The molecule has 0 rings (SSSR count). The zero-order valence-electron chi connectivity index (χ0n) is 14.4. The van der Waals surface area contributed by atoms with Gasteiger partial charge in [-0.3, -0.25) is 0 Å². The number of hydrogen-bond donors (Lipinski definition) is 0. The largest absolute Gasteiger partial charge is 0.464 e. The Morgan fingerprint density at radius 1 is 1.24 bits per heavy atom. The summed E-state index contributed by atoms with van der Waals surface area (Å²) in [7, 11) is 0. The van der Waals surface area contributed by atoms with Gasteiger partial charge in [-0.1, -0.05) is 45.9 Å². The normalized spacial score (nSPS) is 16.7. The summed E-state index contributed by atoms with van der Waals surface area (Å²) in [5, 5.41) is 0. The van der Waals surface area contributed by atoms with Crippen LogP contribution in [0.5, 0.6) is 0 Å². The Morgan fingerprint density at radius 3 is 2.38 bits per heavy atom. The molecule has 0 amide bonds. The molecule has 0 aromatic heterocycles. The minimum absolute atomic E-state index is 0.0606. The molecule has 3 nitrogen and oxygen atoms in total. The molecule has 0 aliphatic carbocycles. The second-order valence-electron chi connectivity index (χ2n) is 4.94. The summed E-state index contributed by atoms with van der Waals surface area (Å²) in [5.74, 6) is 0.136. The third kappa shape index (κ3) is 7.49. The van der Waals surface area contributed by atoms with Crippen molar-refractivity contribution < 1.29 is 14.5 Å². The maximum absolute atomic E-state index is 6.11. The third-order valence-electron chi connectivity index (χ3n) is 3.22. The van der Waals surface area contributed by atoms with Crippen LogP contribution in [0.4, 0.5) is 0 Å². The molecule has 0 bridgehead atoms. The Morgan fingerprint density at radius 2 is 1.95 bits per heavy atom. The Hall–Kier alpha value is -1.06. The van der Waals surface area contributed by atoms with Crippen LogP contribution < -0.4 is 0 Å². The van der Waals surface area contributed by atoms with Crippen LogP contribution >= 0.6 is 0 Å². The standard InChI is InChI=1S/C18H32O3/c1-7-13-16(10-4)19-18(12-6,15-9-3)21-20-17(11-5)14-8-2/h8-9,13-14,17H,3,7,10-12,15H2,1-2,4-6H3. The van der Waals surface area contributed by atoms with Gasteiger partial charge in [0.15, 0.2) is 0 Å². The van der Waals surface area contributed by atoms with Crippen molar-refractivity contribution in [2.75, 3.05) is 0 Å². The molecule has 3 heteroatoms. The van der Waals surface area contributed by atoms with Crippen LogP contribution in [0.15, 0.2) is 36.6 Å². The molecule has 0 aromatic carbocycles. The van der Waals surface area contributed by atoms with Crippen molar-refractivity contribution in [3.05, 3.63) is 36.6 Å². The van der Waals surface area contributed by atoms with E-state index in [0.29, 0.717) is 12.8 Å². The quantitative estimate of drug-likeness (QED) is 0.152. The van der Waals surface area contributed by atoms with Gasteiger partial charge in [0.25, 0.3) is 0 Å². The second-order valence-corrected chi connectivity index (χ2v) is 4.94. The molecule has 0 saturated heterocycles. The minimum Gasteiger partial charge on any atom is -0.464 e. The molecule has 122 valence electrons. The highest BCUT2D eigenvalue weighted by Gasteiger charge is 2.33. The van der Waals surface area contributed by atoms with Crippen LogP contribution in [0.3, 0.4) is 0 Å². The SMILES string of the molecule is C=CCC(CC)(OOC(C=CC)CC)OC(=CCC)CC. The Balaban J connectivity index is 4.97. The highest BCUT2D eigenvalue weighted by Crippen LogP contribution is 2.28. The number of ether oxygens (including phenoxy) is 1. The van der Waals surface area contributed by atoms with Gasteiger partial charge >= 0.3 is 0 Å². The molecule has 2 unspecified atom stereocenters. The van der Waals surface area contributed by atoms with Gasteiger partial charge < -0.3 is 4.74 Å². The van der Waals surface area contributed by atoms with Gasteiger partial charge in [0.05, 0.1) is 5.76 Å². The van der Waals surface area contributed by atoms with Crippen LogP contribution in [0.25, 0.3) is 0 Å². The van der Waals surface area contributed by atoms with E-state index in [1.807, 2.05) is 32.1 Å². The minimum atomic E-state index is -0.798. The molecule has 0 aliphatic rings. The van der Waals surface area contributed by atoms with Crippen LogP contribution in [0, 0.1) is 0 Å². The van der Waals surface area contributed by atoms with Gasteiger partial charge in [0, 0.05) is 19.3 Å². The first kappa shape index (κ1) is 19.9. The van der Waals surface area contributed by atoms with Crippen LogP contribution in [-0.2, 0) is 14.5 Å². The molecule has 0 spiro atoms. The van der Waals surface area contributed by atoms with Crippen molar-refractivity contribution in [3.8, 4) is 0 Å². The van der Waals surface area contributed by atoms with Crippen LogP contribution in [-0.4, -0.2) is 11.9 Å². The van der Waals surface area contributed by atoms with Crippen LogP contribution in [0.1, 0.15) is 66.7 Å². The summed E-state index contributed by atoms with van der Waals surface area (Å²) >= 11 is 0. The molecule has 0 heterocycles. The smallest absolute Gasteiger partial charge is 0.243 e. The van der Waals surface area contributed by atoms with Gasteiger partial charge in [0.2, 0.25) is 5.79 Å². The van der Waals surface area contributed by atoms with E-state index in [4.69, 9.17) is 14.5 Å². The fourth-order valence-corrected chi connectivity index (χ4v) is 1.91. The highest BCUT2D eigenvalue weighted by molar-refractivity contribution is 4.95. The first-order valence-electron chi connectivity index (χ1n) is 8.07. The zero-order chi connectivity index (χ0) is 16.1. The molecule has 21 heavy (non-hydrogen) atoms. The van der Waals surface area contributed by atoms with Crippen molar-refractivity contribution in [1.29, 1.82) is 0 Å². The van der Waals surface area contributed by atoms with Gasteiger partial charge in [-0.2, -0.15) is 4.89 Å².